The van der Waals surface area contributed by atoms with E-state index in [4.69, 9.17) is 14.0 Å². The zero-order valence-electron chi connectivity index (χ0n) is 16.8. The molecule has 1 aromatic heterocycles. The summed E-state index contributed by atoms with van der Waals surface area (Å²) >= 11 is 0. The minimum atomic E-state index is -1.81. The van der Waals surface area contributed by atoms with Crippen LogP contribution in [0.15, 0.2) is 22.9 Å². The lowest BCUT2D eigenvalue weighted by atomic mass is 9.92. The second kappa shape index (κ2) is 4.80. The maximum Gasteiger partial charge on any atom is 0.264 e. The predicted octanol–water partition coefficient (Wildman–Crippen LogP) is 1.15. The molecule has 3 unspecified atom stereocenters. The van der Waals surface area contributed by atoms with Crippen molar-refractivity contribution in [1.29, 1.82) is 0 Å². The minimum absolute atomic E-state index is 0.0995. The third kappa shape index (κ3) is 2.12. The zero-order valence-corrected chi connectivity index (χ0v) is 10.8. The van der Waals surface area contributed by atoms with Gasteiger partial charge in [0.25, 0.3) is 5.56 Å². The Balaban J connectivity index is 2.40. The molecule has 108 valence electrons. The van der Waals surface area contributed by atoms with Gasteiger partial charge >= 0.3 is 0 Å². The van der Waals surface area contributed by atoms with E-state index < -0.39 is 61.1 Å². The number of hydrogen-bond acceptors (Lipinski definition) is 5. The number of carbonyl (C=O) groups is 2. The Kier molecular flexibility index (Phi) is 1.84. The maximum absolute atomic E-state index is 13.1. The fourth-order valence-electron chi connectivity index (χ4n) is 2.31. The molecule has 0 radical (unpaired) electrons. The summed E-state index contributed by atoms with van der Waals surface area (Å²) in [5.74, 6) is -1.98. The number of nitrogen functional groups attached to an aromatic ring is 1. The number of ketones is 2. The summed E-state index contributed by atoms with van der Waals surface area (Å²) in [5, 5.41) is -0.265. The van der Waals surface area contributed by atoms with Gasteiger partial charge in [0.2, 0.25) is 0 Å². The summed E-state index contributed by atoms with van der Waals surface area (Å²) < 4.78 is 47.3. The van der Waals surface area contributed by atoms with E-state index >= 15 is 0 Å². The lowest BCUT2D eigenvalue weighted by Gasteiger charge is -2.24. The molecule has 3 atom stereocenters. The van der Waals surface area contributed by atoms with Crippen LogP contribution in [0.4, 0.5) is 5.69 Å². The van der Waals surface area contributed by atoms with Crippen molar-refractivity contribution in [3.63, 3.8) is 0 Å². The number of nitrogens with two attached hydrogens (primary N) is 1. The number of Topliss-reactive ketones (excluding diaryl/α,β-unsaturated/α-hetero) is 2. The summed E-state index contributed by atoms with van der Waals surface area (Å²) in [4.78, 5) is 41.1. The number of fused-ring (bicyclic) bond motifs is 1. The molecule has 6 heteroatoms. The zero-order chi connectivity index (χ0) is 20.2. The van der Waals surface area contributed by atoms with Gasteiger partial charge in [0.1, 0.15) is 11.6 Å². The van der Waals surface area contributed by atoms with Gasteiger partial charge in [-0.05, 0) is 25.4 Å². The van der Waals surface area contributed by atoms with E-state index in [1.807, 2.05) is 0 Å². The summed E-state index contributed by atoms with van der Waals surface area (Å²) in [6.45, 7) is -1.81. The van der Waals surface area contributed by atoms with Crippen LogP contribution in [-0.2, 0) is 9.59 Å². The molecule has 21 heavy (non-hydrogen) atoms. The van der Waals surface area contributed by atoms with Crippen molar-refractivity contribution in [2.75, 3.05) is 5.73 Å². The highest BCUT2D eigenvalue weighted by atomic mass is 16.2. The van der Waals surface area contributed by atoms with Gasteiger partial charge in [-0.1, -0.05) is 6.04 Å². The third-order valence-electron chi connectivity index (χ3n) is 3.28. The van der Waals surface area contributed by atoms with Crippen LogP contribution in [0.5, 0.6) is 0 Å². The molecule has 0 amide bonds. The molecule has 3 rings (SSSR count). The number of nitrogens with zero attached hydrogens (tertiary/aromatic N) is 2. The number of aromatic nitrogens is 2. The standard InChI is InChI=1S/C15H15N3O3/c1-8-17-11-4-2-3-10(16)14(11)15(21)18(8)12-6-5-9(19)7-13(12)20/h2-4,12H,5-7,16H2,1H3/i1D2,2D,3D,5D,6D. The number of aryl methyl sites for hydroxylation is 1. The Morgan fingerprint density at radius 1 is 1.52 bits per heavy atom. The van der Waals surface area contributed by atoms with Crippen LogP contribution in [0.2, 0.25) is 0 Å². The van der Waals surface area contributed by atoms with Gasteiger partial charge in [0, 0.05) is 17.6 Å². The third-order valence-corrected chi connectivity index (χ3v) is 3.28. The SMILES string of the molecule is [2H]c1cc2nc(C([2H])[2H])n(C3C(=O)CC(=O)C([2H])C3[2H])c(=O)c2c(N)c1[2H]. The van der Waals surface area contributed by atoms with E-state index in [0.29, 0.717) is 4.57 Å². The van der Waals surface area contributed by atoms with Gasteiger partial charge in [0.05, 0.1) is 26.1 Å². The molecule has 0 saturated heterocycles. The highest BCUT2D eigenvalue weighted by Gasteiger charge is 2.30. The number of rotatable bonds is 1. The van der Waals surface area contributed by atoms with Crippen molar-refractivity contribution < 1.29 is 17.8 Å². The molecule has 1 saturated carbocycles. The molecule has 0 aliphatic heterocycles. The van der Waals surface area contributed by atoms with E-state index in [1.165, 1.54) is 0 Å². The lowest BCUT2D eigenvalue weighted by Crippen LogP contribution is -2.36. The van der Waals surface area contributed by atoms with Gasteiger partial charge in [-0.2, -0.15) is 0 Å². The number of carbonyl (C=O) groups excluding carboxylic acids is 2. The Bertz CT molecular complexity index is 1040. The van der Waals surface area contributed by atoms with Crippen LogP contribution in [0.1, 0.15) is 39.3 Å². The van der Waals surface area contributed by atoms with Crippen LogP contribution < -0.4 is 11.3 Å². The molecule has 1 heterocycles. The van der Waals surface area contributed by atoms with Crippen molar-refractivity contribution in [2.24, 2.45) is 0 Å². The van der Waals surface area contributed by atoms with Gasteiger partial charge in [0.15, 0.2) is 5.78 Å². The Hall–Kier alpha value is -2.50. The fourth-order valence-corrected chi connectivity index (χ4v) is 2.31. The van der Waals surface area contributed by atoms with E-state index in [1.54, 1.807) is 0 Å². The van der Waals surface area contributed by atoms with Crippen LogP contribution in [-0.4, -0.2) is 21.1 Å². The van der Waals surface area contributed by atoms with Gasteiger partial charge in [-0.15, -0.1) is 0 Å². The van der Waals surface area contributed by atoms with E-state index in [2.05, 4.69) is 4.98 Å². The van der Waals surface area contributed by atoms with Gasteiger partial charge in [-0.25, -0.2) is 4.98 Å². The number of benzene rings is 1. The largest absolute Gasteiger partial charge is 0.398 e. The van der Waals surface area contributed by atoms with E-state index in [0.717, 1.165) is 6.07 Å². The molecule has 0 spiro atoms. The lowest BCUT2D eigenvalue weighted by molar-refractivity contribution is -0.132. The number of hydrogen-bond donors (Lipinski definition) is 1. The molecule has 1 aliphatic carbocycles. The normalized spacial score (nSPS) is 30.4. The topological polar surface area (TPSA) is 95.0 Å². The van der Waals surface area contributed by atoms with E-state index in [9.17, 15) is 14.4 Å². The molecule has 2 N–H and O–H groups in total. The van der Waals surface area contributed by atoms with Crippen LogP contribution in [0.25, 0.3) is 10.9 Å². The highest BCUT2D eigenvalue weighted by Crippen LogP contribution is 2.24. The molecule has 1 aromatic carbocycles. The average molecular weight is 291 g/mol. The van der Waals surface area contributed by atoms with Crippen LogP contribution in [0.3, 0.4) is 0 Å². The molecular weight excluding hydrogens is 270 g/mol. The quantitative estimate of drug-likeness (QED) is 0.628. The van der Waals surface area contributed by atoms with Gasteiger partial charge < -0.3 is 5.73 Å². The summed E-state index contributed by atoms with van der Waals surface area (Å²) in [6.07, 6.45) is -3.80. The minimum Gasteiger partial charge on any atom is -0.398 e. The Morgan fingerprint density at radius 3 is 3.10 bits per heavy atom. The van der Waals surface area contributed by atoms with Crippen molar-refractivity contribution in [2.45, 2.75) is 32.1 Å². The molecule has 1 fully saturated rings. The first-order chi connectivity index (χ1) is 12.6. The summed E-state index contributed by atoms with van der Waals surface area (Å²) in [5.41, 5.74) is 4.40. The van der Waals surface area contributed by atoms with Crippen LogP contribution in [0, 0.1) is 6.88 Å². The number of anilines is 1. The van der Waals surface area contributed by atoms with E-state index in [-0.39, 0.29) is 22.6 Å². The second-order valence-electron chi connectivity index (χ2n) is 4.65. The summed E-state index contributed by atoms with van der Waals surface area (Å²) in [6, 6.07) is -1.18. The van der Waals surface area contributed by atoms with Crippen molar-refractivity contribution >= 4 is 28.2 Å². The summed E-state index contributed by atoms with van der Waals surface area (Å²) in [7, 11) is 0. The second-order valence-corrected chi connectivity index (χ2v) is 4.65. The van der Waals surface area contributed by atoms with Crippen molar-refractivity contribution in [1.82, 2.24) is 9.55 Å². The highest BCUT2D eigenvalue weighted by molar-refractivity contribution is 6.03. The molecular formula is C15H15N3O3. The first kappa shape index (κ1) is 8.07. The van der Waals surface area contributed by atoms with Crippen LogP contribution >= 0.6 is 0 Å². The Labute approximate surface area is 129 Å². The fraction of sp³-hybridized carbons (Fsp3) is 0.333. The smallest absolute Gasteiger partial charge is 0.264 e. The molecule has 0 bridgehead atoms. The van der Waals surface area contributed by atoms with Crippen molar-refractivity contribution in [3.8, 4) is 0 Å². The Morgan fingerprint density at radius 2 is 2.33 bits per heavy atom. The first-order valence-corrected chi connectivity index (χ1v) is 6.12. The monoisotopic (exact) mass is 291 g/mol. The van der Waals surface area contributed by atoms with Crippen molar-refractivity contribution in [3.05, 3.63) is 34.3 Å². The predicted molar refractivity (Wildman–Crippen MR) is 78.1 cm³/mol. The average Bonchev–Trinajstić information content (AvgIpc) is 2.59. The maximum atomic E-state index is 13.1. The molecule has 2 aromatic rings. The van der Waals surface area contributed by atoms with Gasteiger partial charge in [-0.3, -0.25) is 19.0 Å². The molecule has 6 nitrogen and oxygen atoms in total. The molecule has 1 aliphatic rings. The first-order valence-electron chi connectivity index (χ1n) is 9.43.